The molecule has 33 heavy (non-hydrogen) atoms. The summed E-state index contributed by atoms with van der Waals surface area (Å²) in [6.07, 6.45) is 0. The van der Waals surface area contributed by atoms with Crippen LogP contribution in [0.3, 0.4) is 0 Å². The van der Waals surface area contributed by atoms with Crippen molar-refractivity contribution in [3.05, 3.63) is 68.8 Å². The lowest BCUT2D eigenvalue weighted by molar-refractivity contribution is -0.385. The van der Waals surface area contributed by atoms with Crippen LogP contribution >= 0.6 is 0 Å². The number of non-ortho nitro benzene ring substituents is 2. The fraction of sp³-hybridized carbons (Fsp3) is 0.455. The SMILES string of the molecule is CC(C)(C)CS(=N)(=O)c1ccc([N+](=O)[O-])cc1.CC(C)(C)CS(=O)c1ccc([N+](=O)[O-])cc1. The Morgan fingerprint density at radius 3 is 1.55 bits per heavy atom. The van der Waals surface area contributed by atoms with E-state index in [0.29, 0.717) is 15.5 Å². The van der Waals surface area contributed by atoms with Crippen molar-refractivity contribution in [2.24, 2.45) is 10.8 Å². The molecule has 2 unspecified atom stereocenters. The number of nitrogens with one attached hydrogen (secondary N) is 1. The van der Waals surface area contributed by atoms with Crippen LogP contribution < -0.4 is 0 Å². The van der Waals surface area contributed by atoms with E-state index in [4.69, 9.17) is 4.78 Å². The fourth-order valence-corrected chi connectivity index (χ4v) is 6.03. The number of rotatable bonds is 6. The van der Waals surface area contributed by atoms with Gasteiger partial charge in [-0.3, -0.25) is 24.4 Å². The molecule has 2 rings (SSSR count). The molecule has 1 N–H and O–H groups in total. The third-order valence-electron chi connectivity index (χ3n) is 3.94. The van der Waals surface area contributed by atoms with Crippen LogP contribution in [0.5, 0.6) is 0 Å². The zero-order valence-electron chi connectivity index (χ0n) is 19.7. The molecule has 0 radical (unpaired) electrons. The molecule has 0 bridgehead atoms. The van der Waals surface area contributed by atoms with Gasteiger partial charge in [-0.25, -0.2) is 8.99 Å². The number of nitro groups is 2. The quantitative estimate of drug-likeness (QED) is 0.395. The molecule has 2 atom stereocenters. The van der Waals surface area contributed by atoms with Crippen LogP contribution in [0, 0.1) is 35.8 Å². The average Bonchev–Trinajstić information content (AvgIpc) is 2.65. The third kappa shape index (κ3) is 10.2. The largest absolute Gasteiger partial charge is 0.269 e. The average molecular weight is 498 g/mol. The van der Waals surface area contributed by atoms with Gasteiger partial charge in [-0.2, -0.15) is 0 Å². The van der Waals surface area contributed by atoms with Gasteiger partial charge in [0.05, 0.1) is 30.4 Å². The van der Waals surface area contributed by atoms with Gasteiger partial charge in [0.15, 0.2) is 0 Å². The lowest BCUT2D eigenvalue weighted by atomic mass is 10.0. The molecule has 0 heterocycles. The maximum atomic E-state index is 12.2. The van der Waals surface area contributed by atoms with E-state index in [1.807, 2.05) is 41.5 Å². The molecule has 0 aliphatic carbocycles. The molecule has 0 saturated carbocycles. The van der Waals surface area contributed by atoms with Gasteiger partial charge in [0.25, 0.3) is 11.4 Å². The van der Waals surface area contributed by atoms with Crippen molar-refractivity contribution >= 4 is 31.9 Å². The van der Waals surface area contributed by atoms with Gasteiger partial charge in [0.1, 0.15) is 0 Å². The van der Waals surface area contributed by atoms with Crippen molar-refractivity contribution < 1.29 is 18.3 Å². The monoisotopic (exact) mass is 497 g/mol. The highest BCUT2D eigenvalue weighted by Crippen LogP contribution is 2.24. The number of benzene rings is 2. The van der Waals surface area contributed by atoms with Gasteiger partial charge >= 0.3 is 0 Å². The van der Waals surface area contributed by atoms with E-state index in [-0.39, 0.29) is 28.0 Å². The molecule has 11 heteroatoms. The first-order valence-corrected chi connectivity index (χ1v) is 13.1. The normalized spacial score (nSPS) is 14.4. The standard InChI is InChI=1S/C11H16N2O3S.C11H15NO3S/c1-11(2,3)8-17(12,16)10-6-4-9(5-7-10)13(14)15;1-11(2,3)8-16(15)10-6-4-9(5-7-10)12(13)14/h4-7,12H,8H2,1-3H3;4-7H,8H2,1-3H3. The molecule has 182 valence electrons. The summed E-state index contributed by atoms with van der Waals surface area (Å²) in [6.45, 7) is 11.8. The molecule has 0 fully saturated rings. The maximum Gasteiger partial charge on any atom is 0.269 e. The molecule has 0 saturated heterocycles. The lowest BCUT2D eigenvalue weighted by Gasteiger charge is -2.19. The molecular formula is C22H31N3O6S2. The summed E-state index contributed by atoms with van der Waals surface area (Å²) in [7, 11) is -3.98. The second-order valence-electron chi connectivity index (χ2n) is 9.93. The number of hydrogen-bond acceptors (Lipinski definition) is 7. The van der Waals surface area contributed by atoms with Crippen LogP contribution in [0.1, 0.15) is 41.5 Å². The first-order valence-electron chi connectivity index (χ1n) is 10.1. The first-order chi connectivity index (χ1) is 14.9. The van der Waals surface area contributed by atoms with Crippen molar-refractivity contribution in [1.29, 1.82) is 4.78 Å². The zero-order chi connectivity index (χ0) is 25.6. The van der Waals surface area contributed by atoms with E-state index in [1.54, 1.807) is 12.1 Å². The van der Waals surface area contributed by atoms with Gasteiger partial charge in [-0.05, 0) is 35.1 Å². The van der Waals surface area contributed by atoms with Crippen LogP contribution in [-0.2, 0) is 20.5 Å². The van der Waals surface area contributed by atoms with Crippen molar-refractivity contribution in [3.8, 4) is 0 Å². The van der Waals surface area contributed by atoms with E-state index in [1.165, 1.54) is 36.4 Å². The molecule has 2 aromatic carbocycles. The van der Waals surface area contributed by atoms with Gasteiger partial charge in [0, 0.05) is 45.6 Å². The molecular weight excluding hydrogens is 466 g/mol. The Morgan fingerprint density at radius 1 is 0.818 bits per heavy atom. The highest BCUT2D eigenvalue weighted by molar-refractivity contribution is 7.92. The predicted octanol–water partition coefficient (Wildman–Crippen LogP) is 5.80. The van der Waals surface area contributed by atoms with E-state index in [0.717, 1.165) is 0 Å². The Balaban J connectivity index is 0.000000331. The minimum atomic E-state index is -2.88. The Morgan fingerprint density at radius 2 is 1.21 bits per heavy atom. The topological polar surface area (TPSA) is 144 Å². The van der Waals surface area contributed by atoms with Crippen LogP contribution in [0.15, 0.2) is 58.3 Å². The third-order valence-corrected chi connectivity index (χ3v) is 8.17. The maximum absolute atomic E-state index is 12.2. The minimum Gasteiger partial charge on any atom is -0.258 e. The highest BCUT2D eigenvalue weighted by Gasteiger charge is 2.21. The minimum absolute atomic E-state index is 0.0212. The highest BCUT2D eigenvalue weighted by atomic mass is 32.2. The molecule has 0 aliphatic rings. The Kier molecular flexibility index (Phi) is 9.43. The van der Waals surface area contributed by atoms with E-state index >= 15 is 0 Å². The Labute approximate surface area is 197 Å². The smallest absolute Gasteiger partial charge is 0.258 e. The Bertz CT molecular complexity index is 1100. The molecule has 9 nitrogen and oxygen atoms in total. The lowest BCUT2D eigenvalue weighted by Crippen LogP contribution is -2.19. The van der Waals surface area contributed by atoms with E-state index in [9.17, 15) is 28.6 Å². The fourth-order valence-electron chi connectivity index (χ4n) is 2.68. The van der Waals surface area contributed by atoms with Gasteiger partial charge in [0.2, 0.25) is 0 Å². The summed E-state index contributed by atoms with van der Waals surface area (Å²) >= 11 is 0. The van der Waals surface area contributed by atoms with Gasteiger partial charge < -0.3 is 0 Å². The number of nitro benzene ring substituents is 2. The van der Waals surface area contributed by atoms with Crippen LogP contribution in [0.4, 0.5) is 11.4 Å². The number of hydrogen-bond donors (Lipinski definition) is 1. The summed E-state index contributed by atoms with van der Waals surface area (Å²) in [6, 6.07) is 11.3. The first kappa shape index (κ1) is 28.4. The van der Waals surface area contributed by atoms with Gasteiger partial charge in [-0.15, -0.1) is 0 Å². The molecule has 0 aliphatic heterocycles. The van der Waals surface area contributed by atoms with Gasteiger partial charge in [-0.1, -0.05) is 41.5 Å². The molecule has 2 aromatic rings. The van der Waals surface area contributed by atoms with E-state index < -0.39 is 30.4 Å². The summed E-state index contributed by atoms with van der Waals surface area (Å²) < 4.78 is 31.9. The summed E-state index contributed by atoms with van der Waals surface area (Å²) in [5.74, 6) is 0.780. The summed E-state index contributed by atoms with van der Waals surface area (Å²) in [5.41, 5.74) is -0.274. The van der Waals surface area contributed by atoms with Crippen LogP contribution in [-0.4, -0.2) is 29.8 Å². The van der Waals surface area contributed by atoms with Crippen molar-refractivity contribution in [3.63, 3.8) is 0 Å². The zero-order valence-corrected chi connectivity index (χ0v) is 21.3. The van der Waals surface area contributed by atoms with Crippen molar-refractivity contribution in [1.82, 2.24) is 0 Å². The summed E-state index contributed by atoms with van der Waals surface area (Å²) in [4.78, 5) is 20.9. The van der Waals surface area contributed by atoms with Crippen LogP contribution in [0.2, 0.25) is 0 Å². The number of nitrogens with zero attached hydrogens (tertiary/aromatic N) is 2. The van der Waals surface area contributed by atoms with Crippen molar-refractivity contribution in [2.75, 3.05) is 11.5 Å². The summed E-state index contributed by atoms with van der Waals surface area (Å²) in [5, 5.41) is 20.9. The Hall–Kier alpha value is -2.66. The van der Waals surface area contributed by atoms with Crippen molar-refractivity contribution in [2.45, 2.75) is 51.3 Å². The molecule has 0 amide bonds. The van der Waals surface area contributed by atoms with Crippen LogP contribution in [0.25, 0.3) is 0 Å². The molecule has 0 aromatic heterocycles. The predicted molar refractivity (Wildman–Crippen MR) is 130 cm³/mol. The van der Waals surface area contributed by atoms with E-state index in [2.05, 4.69) is 0 Å². The second kappa shape index (κ2) is 11.0. The molecule has 0 spiro atoms. The second-order valence-corrected chi connectivity index (χ2v) is 13.5.